The summed E-state index contributed by atoms with van der Waals surface area (Å²) in [6, 6.07) is 8.22. The minimum Gasteiger partial charge on any atom is -0.316 e. The van der Waals surface area contributed by atoms with Crippen molar-refractivity contribution in [3.63, 3.8) is 0 Å². The van der Waals surface area contributed by atoms with Crippen molar-refractivity contribution in [2.75, 3.05) is 13.1 Å². The molecule has 0 saturated carbocycles. The molecule has 4 nitrogen and oxygen atoms in total. The highest BCUT2D eigenvalue weighted by molar-refractivity contribution is 5.85. The number of nitrogens with zero attached hydrogens (tertiary/aromatic N) is 1. The molecule has 1 aromatic carbocycles. The molecule has 0 unspecified atom stereocenters. The van der Waals surface area contributed by atoms with E-state index in [0.717, 1.165) is 30.5 Å². The highest BCUT2D eigenvalue weighted by Crippen LogP contribution is 2.26. The molecular formula is C13H18ClN3O. The number of H-pyrrole nitrogens is 1. The number of hydrogen-bond acceptors (Lipinski definition) is 2. The Morgan fingerprint density at radius 3 is 2.89 bits per heavy atom. The number of imidazole rings is 1. The summed E-state index contributed by atoms with van der Waals surface area (Å²) in [4.78, 5) is 15.0. The summed E-state index contributed by atoms with van der Waals surface area (Å²) >= 11 is 0. The van der Waals surface area contributed by atoms with Crippen LogP contribution >= 0.6 is 12.4 Å². The molecule has 98 valence electrons. The average molecular weight is 268 g/mol. The standard InChI is InChI=1S/C13H17N3O.ClH/c1-9-8-14-7-6-11(9)16-12-5-3-2-4-10(12)15-13(16)17;/h2-5,9,11,14H,6-8H2,1H3,(H,15,17);1H/t9-,11-;/m0./s1. The van der Waals surface area contributed by atoms with E-state index in [9.17, 15) is 4.79 Å². The molecule has 0 amide bonds. The van der Waals surface area contributed by atoms with E-state index in [4.69, 9.17) is 0 Å². The summed E-state index contributed by atoms with van der Waals surface area (Å²) in [5, 5.41) is 3.37. The van der Waals surface area contributed by atoms with Gasteiger partial charge >= 0.3 is 5.69 Å². The Hall–Kier alpha value is -1.26. The first-order valence-corrected chi connectivity index (χ1v) is 6.17. The first-order chi connectivity index (χ1) is 8.27. The molecule has 2 atom stereocenters. The number of rotatable bonds is 1. The number of aromatic amines is 1. The Kier molecular flexibility index (Phi) is 3.78. The van der Waals surface area contributed by atoms with Crippen LogP contribution in [0.3, 0.4) is 0 Å². The molecule has 3 rings (SSSR count). The number of halogens is 1. The molecule has 0 aliphatic carbocycles. The maximum absolute atomic E-state index is 12.1. The second kappa shape index (κ2) is 5.16. The summed E-state index contributed by atoms with van der Waals surface area (Å²) < 4.78 is 1.93. The maximum Gasteiger partial charge on any atom is 0.326 e. The third-order valence-electron chi connectivity index (χ3n) is 3.70. The number of hydrogen-bond donors (Lipinski definition) is 2. The summed E-state index contributed by atoms with van der Waals surface area (Å²) in [6.07, 6.45) is 1.02. The third-order valence-corrected chi connectivity index (χ3v) is 3.70. The van der Waals surface area contributed by atoms with Gasteiger partial charge in [0.15, 0.2) is 0 Å². The minimum absolute atomic E-state index is 0. The molecule has 5 heteroatoms. The Labute approximate surface area is 112 Å². The zero-order valence-electron chi connectivity index (χ0n) is 10.3. The Morgan fingerprint density at radius 1 is 1.33 bits per heavy atom. The second-order valence-corrected chi connectivity index (χ2v) is 4.85. The average Bonchev–Trinajstić information content (AvgIpc) is 2.66. The third kappa shape index (κ3) is 2.06. The van der Waals surface area contributed by atoms with E-state index < -0.39 is 0 Å². The van der Waals surface area contributed by atoms with Crippen LogP contribution < -0.4 is 11.0 Å². The van der Waals surface area contributed by atoms with E-state index in [1.54, 1.807) is 0 Å². The lowest BCUT2D eigenvalue weighted by Gasteiger charge is -2.30. The molecule has 0 bridgehead atoms. The van der Waals surface area contributed by atoms with Crippen LogP contribution in [0.1, 0.15) is 19.4 Å². The summed E-state index contributed by atoms with van der Waals surface area (Å²) in [5.74, 6) is 0.487. The summed E-state index contributed by atoms with van der Waals surface area (Å²) in [6.45, 7) is 4.17. The number of benzene rings is 1. The second-order valence-electron chi connectivity index (χ2n) is 4.85. The molecule has 2 N–H and O–H groups in total. The van der Waals surface area contributed by atoms with Crippen molar-refractivity contribution in [1.29, 1.82) is 0 Å². The fourth-order valence-corrected chi connectivity index (χ4v) is 2.79. The molecule has 0 radical (unpaired) electrons. The van der Waals surface area contributed by atoms with Crippen LogP contribution in [0, 0.1) is 5.92 Å². The van der Waals surface area contributed by atoms with Crippen molar-refractivity contribution in [2.45, 2.75) is 19.4 Å². The van der Waals surface area contributed by atoms with Gasteiger partial charge in [0.1, 0.15) is 0 Å². The van der Waals surface area contributed by atoms with Crippen LogP contribution in [0.5, 0.6) is 0 Å². The van der Waals surface area contributed by atoms with Crippen molar-refractivity contribution in [1.82, 2.24) is 14.9 Å². The zero-order valence-corrected chi connectivity index (χ0v) is 11.2. The van der Waals surface area contributed by atoms with Crippen LogP contribution in [0.4, 0.5) is 0 Å². The smallest absolute Gasteiger partial charge is 0.316 e. The molecule has 1 saturated heterocycles. The fourth-order valence-electron chi connectivity index (χ4n) is 2.79. The molecule has 2 heterocycles. The van der Waals surface area contributed by atoms with E-state index in [1.165, 1.54) is 0 Å². The van der Waals surface area contributed by atoms with Gasteiger partial charge in [-0.2, -0.15) is 0 Å². The quantitative estimate of drug-likeness (QED) is 0.829. The lowest BCUT2D eigenvalue weighted by atomic mass is 9.95. The molecule has 0 spiro atoms. The van der Waals surface area contributed by atoms with Gasteiger partial charge in [0.2, 0.25) is 0 Å². The fraction of sp³-hybridized carbons (Fsp3) is 0.462. The van der Waals surface area contributed by atoms with Crippen LogP contribution in [0.25, 0.3) is 11.0 Å². The predicted molar refractivity (Wildman–Crippen MR) is 75.5 cm³/mol. The van der Waals surface area contributed by atoms with Gasteiger partial charge in [0, 0.05) is 6.04 Å². The highest BCUT2D eigenvalue weighted by Gasteiger charge is 2.25. The highest BCUT2D eigenvalue weighted by atomic mass is 35.5. The molecule has 18 heavy (non-hydrogen) atoms. The van der Waals surface area contributed by atoms with Crippen molar-refractivity contribution in [3.8, 4) is 0 Å². The number of fused-ring (bicyclic) bond motifs is 1. The van der Waals surface area contributed by atoms with Gasteiger partial charge in [-0.3, -0.25) is 4.57 Å². The van der Waals surface area contributed by atoms with E-state index in [0.29, 0.717) is 12.0 Å². The topological polar surface area (TPSA) is 49.8 Å². The van der Waals surface area contributed by atoms with Crippen LogP contribution in [0.2, 0.25) is 0 Å². The van der Waals surface area contributed by atoms with E-state index in [-0.39, 0.29) is 18.1 Å². The first-order valence-electron chi connectivity index (χ1n) is 6.17. The van der Waals surface area contributed by atoms with Gasteiger partial charge in [-0.1, -0.05) is 19.1 Å². The molecular weight excluding hydrogens is 250 g/mol. The molecule has 1 aliphatic heterocycles. The largest absolute Gasteiger partial charge is 0.326 e. The molecule has 1 aromatic heterocycles. The zero-order chi connectivity index (χ0) is 11.8. The van der Waals surface area contributed by atoms with Crippen LogP contribution in [-0.4, -0.2) is 22.6 Å². The van der Waals surface area contributed by atoms with Crippen molar-refractivity contribution >= 4 is 23.4 Å². The predicted octanol–water partition coefficient (Wildman–Crippen LogP) is 1.92. The summed E-state index contributed by atoms with van der Waals surface area (Å²) in [7, 11) is 0. The van der Waals surface area contributed by atoms with Gasteiger partial charge in [-0.25, -0.2) is 4.79 Å². The normalized spacial score (nSPS) is 23.8. The number of piperidine rings is 1. The Bertz CT molecular complexity index is 589. The van der Waals surface area contributed by atoms with Crippen molar-refractivity contribution in [3.05, 3.63) is 34.7 Å². The van der Waals surface area contributed by atoms with Gasteiger partial charge in [-0.05, 0) is 37.6 Å². The van der Waals surface area contributed by atoms with Gasteiger partial charge in [-0.15, -0.1) is 12.4 Å². The van der Waals surface area contributed by atoms with Crippen molar-refractivity contribution < 1.29 is 0 Å². The van der Waals surface area contributed by atoms with E-state index in [2.05, 4.69) is 17.2 Å². The first kappa shape index (κ1) is 13.2. The van der Waals surface area contributed by atoms with Crippen LogP contribution in [-0.2, 0) is 0 Å². The molecule has 1 fully saturated rings. The number of para-hydroxylation sites is 2. The van der Waals surface area contributed by atoms with E-state index >= 15 is 0 Å². The number of nitrogens with one attached hydrogen (secondary N) is 2. The van der Waals surface area contributed by atoms with Gasteiger partial charge < -0.3 is 10.3 Å². The lowest BCUT2D eigenvalue weighted by molar-refractivity contribution is 0.274. The Morgan fingerprint density at radius 2 is 2.11 bits per heavy atom. The van der Waals surface area contributed by atoms with Crippen molar-refractivity contribution in [2.24, 2.45) is 5.92 Å². The summed E-state index contributed by atoms with van der Waals surface area (Å²) in [5.41, 5.74) is 1.98. The monoisotopic (exact) mass is 267 g/mol. The Balaban J connectivity index is 0.00000120. The lowest BCUT2D eigenvalue weighted by Crippen LogP contribution is -2.39. The van der Waals surface area contributed by atoms with Gasteiger partial charge in [0.05, 0.1) is 11.0 Å². The van der Waals surface area contributed by atoms with Crippen LogP contribution in [0.15, 0.2) is 29.1 Å². The SMILES string of the molecule is C[C@H]1CNCC[C@@H]1n1c(=O)[nH]c2ccccc21.Cl. The van der Waals surface area contributed by atoms with E-state index in [1.807, 2.05) is 28.8 Å². The van der Waals surface area contributed by atoms with Gasteiger partial charge in [0.25, 0.3) is 0 Å². The molecule has 1 aliphatic rings. The number of aromatic nitrogens is 2. The maximum atomic E-state index is 12.1. The molecule has 2 aromatic rings. The minimum atomic E-state index is 0.